The number of nitrogens with zero attached hydrogens (tertiary/aromatic N) is 1. The number of benzene rings is 1. The molecule has 0 aromatic heterocycles. The van der Waals surface area contributed by atoms with E-state index in [1.165, 1.54) is 6.07 Å². The first-order chi connectivity index (χ1) is 4.74. The number of anilines is 1. The van der Waals surface area contributed by atoms with Gasteiger partial charge in [-0.25, -0.2) is 0 Å². The van der Waals surface area contributed by atoms with Crippen LogP contribution in [0.4, 0.5) is 11.4 Å². The molecule has 1 aromatic carbocycles. The number of nitrogen functional groups attached to an aromatic ring is 1. The highest BCUT2D eigenvalue weighted by atomic mass is 32.1. The van der Waals surface area contributed by atoms with E-state index in [1.54, 1.807) is 12.1 Å². The van der Waals surface area contributed by atoms with Crippen molar-refractivity contribution in [2.75, 3.05) is 5.73 Å². The monoisotopic (exact) mass is 154 g/mol. The largest absolute Gasteiger partial charge is 0.397 e. The maximum Gasteiger partial charge on any atom is 0.131 e. The molecule has 10 heavy (non-hydrogen) atoms. The molecule has 0 saturated carbocycles. The van der Waals surface area contributed by atoms with Crippen LogP contribution in [0.5, 0.6) is 0 Å². The Hall–Kier alpha value is -1.03. The van der Waals surface area contributed by atoms with Gasteiger partial charge in [0.15, 0.2) is 0 Å². The van der Waals surface area contributed by atoms with E-state index in [9.17, 15) is 4.91 Å². The summed E-state index contributed by atoms with van der Waals surface area (Å²) in [6.45, 7) is 0. The summed E-state index contributed by atoms with van der Waals surface area (Å²) < 4.78 is 0. The topological polar surface area (TPSA) is 55.4 Å². The molecule has 0 heterocycles. The third-order valence-corrected chi connectivity index (χ3v) is 1.39. The molecule has 0 spiro atoms. The molecule has 0 radical (unpaired) electrons. The number of rotatable bonds is 1. The fraction of sp³-hybridized carbons (Fsp3) is 0. The Bertz CT molecular complexity index is 262. The summed E-state index contributed by atoms with van der Waals surface area (Å²) in [5.74, 6) is 0. The van der Waals surface area contributed by atoms with Gasteiger partial charge in [0.25, 0.3) is 0 Å². The Morgan fingerprint density at radius 3 is 2.70 bits per heavy atom. The van der Waals surface area contributed by atoms with Crippen molar-refractivity contribution in [2.45, 2.75) is 4.90 Å². The number of hydrogen-bond acceptors (Lipinski definition) is 4. The van der Waals surface area contributed by atoms with Crippen LogP contribution in [0.2, 0.25) is 0 Å². The number of hydrogen-bond donors (Lipinski definition) is 2. The minimum absolute atomic E-state index is 0.243. The molecule has 0 aliphatic rings. The highest BCUT2D eigenvalue weighted by Gasteiger charge is 1.96. The molecular weight excluding hydrogens is 148 g/mol. The molecule has 0 aliphatic carbocycles. The lowest BCUT2D eigenvalue weighted by Crippen LogP contribution is -1.83. The standard InChI is InChI=1S/C6H6N2OS/c7-5-2-1-4(10)3-6(5)8-9/h1-3,10H,7H2. The van der Waals surface area contributed by atoms with Gasteiger partial charge >= 0.3 is 0 Å². The molecule has 0 amide bonds. The molecule has 0 bridgehead atoms. The molecular formula is C6H6N2OS. The summed E-state index contributed by atoms with van der Waals surface area (Å²) in [5.41, 5.74) is 6.00. The SMILES string of the molecule is Nc1ccc(S)cc1N=O. The predicted molar refractivity (Wildman–Crippen MR) is 43.6 cm³/mol. The van der Waals surface area contributed by atoms with E-state index in [2.05, 4.69) is 17.8 Å². The normalized spacial score (nSPS) is 9.30. The third-order valence-electron chi connectivity index (χ3n) is 1.11. The van der Waals surface area contributed by atoms with Crippen LogP contribution in [0.25, 0.3) is 0 Å². The first-order valence-corrected chi connectivity index (χ1v) is 3.10. The Kier molecular flexibility index (Phi) is 1.91. The minimum atomic E-state index is 0.243. The van der Waals surface area contributed by atoms with Crippen LogP contribution in [0.1, 0.15) is 0 Å². The number of thiol groups is 1. The van der Waals surface area contributed by atoms with E-state index in [0.29, 0.717) is 10.6 Å². The molecule has 1 rings (SSSR count). The van der Waals surface area contributed by atoms with Crippen LogP contribution in [0.15, 0.2) is 28.3 Å². The molecule has 2 N–H and O–H groups in total. The van der Waals surface area contributed by atoms with Crippen LogP contribution in [0, 0.1) is 4.91 Å². The first-order valence-electron chi connectivity index (χ1n) is 2.66. The highest BCUT2D eigenvalue weighted by Crippen LogP contribution is 2.23. The molecule has 0 unspecified atom stereocenters. The average molecular weight is 154 g/mol. The molecule has 1 aromatic rings. The zero-order valence-corrected chi connectivity index (χ0v) is 6.01. The molecule has 4 heteroatoms. The van der Waals surface area contributed by atoms with Gasteiger partial charge in [-0.05, 0) is 23.4 Å². The second-order valence-corrected chi connectivity index (χ2v) is 2.35. The van der Waals surface area contributed by atoms with E-state index in [4.69, 9.17) is 5.73 Å². The van der Waals surface area contributed by atoms with Crippen LogP contribution in [-0.4, -0.2) is 0 Å². The number of nitrogens with two attached hydrogens (primary N) is 1. The molecule has 0 aliphatic heterocycles. The third kappa shape index (κ3) is 1.27. The zero-order chi connectivity index (χ0) is 7.56. The van der Waals surface area contributed by atoms with Crippen molar-refractivity contribution in [3.8, 4) is 0 Å². The predicted octanol–water partition coefficient (Wildman–Crippen LogP) is 1.96. The Balaban J connectivity index is 3.21. The molecule has 3 nitrogen and oxygen atoms in total. The lowest BCUT2D eigenvalue weighted by Gasteiger charge is -1.95. The second kappa shape index (κ2) is 2.70. The van der Waals surface area contributed by atoms with Crippen molar-refractivity contribution >= 4 is 24.0 Å². The molecule has 52 valence electrons. The smallest absolute Gasteiger partial charge is 0.131 e. The summed E-state index contributed by atoms with van der Waals surface area (Å²) in [7, 11) is 0. The van der Waals surface area contributed by atoms with E-state index < -0.39 is 0 Å². The summed E-state index contributed by atoms with van der Waals surface area (Å²) in [4.78, 5) is 10.7. The van der Waals surface area contributed by atoms with Crippen LogP contribution >= 0.6 is 12.6 Å². The summed E-state index contributed by atoms with van der Waals surface area (Å²) in [6, 6.07) is 4.82. The van der Waals surface area contributed by atoms with Crippen LogP contribution < -0.4 is 5.73 Å². The van der Waals surface area contributed by atoms with Crippen molar-refractivity contribution in [3.05, 3.63) is 23.1 Å². The van der Waals surface area contributed by atoms with Crippen molar-refractivity contribution in [2.24, 2.45) is 5.18 Å². The van der Waals surface area contributed by atoms with Crippen LogP contribution in [0.3, 0.4) is 0 Å². The summed E-state index contributed by atoms with van der Waals surface area (Å²) >= 11 is 4.00. The average Bonchev–Trinajstić information content (AvgIpc) is 1.94. The highest BCUT2D eigenvalue weighted by molar-refractivity contribution is 7.80. The quantitative estimate of drug-likeness (QED) is 0.369. The summed E-state index contributed by atoms with van der Waals surface area (Å²) in [6.07, 6.45) is 0. The molecule has 0 atom stereocenters. The van der Waals surface area contributed by atoms with Gasteiger partial charge in [0, 0.05) is 4.90 Å². The number of nitroso groups, excluding NO2 is 1. The maximum absolute atomic E-state index is 10.0. The van der Waals surface area contributed by atoms with E-state index in [-0.39, 0.29) is 5.69 Å². The van der Waals surface area contributed by atoms with Crippen molar-refractivity contribution in [1.82, 2.24) is 0 Å². The maximum atomic E-state index is 10.0. The van der Waals surface area contributed by atoms with Gasteiger partial charge in [-0.1, -0.05) is 0 Å². The van der Waals surface area contributed by atoms with Gasteiger partial charge < -0.3 is 5.73 Å². The fourth-order valence-corrected chi connectivity index (χ4v) is 0.808. The summed E-state index contributed by atoms with van der Waals surface area (Å²) in [5, 5.41) is 2.71. The first kappa shape index (κ1) is 7.08. The minimum Gasteiger partial charge on any atom is -0.397 e. The van der Waals surface area contributed by atoms with E-state index in [1.807, 2.05) is 0 Å². The van der Waals surface area contributed by atoms with Crippen molar-refractivity contribution in [3.63, 3.8) is 0 Å². The van der Waals surface area contributed by atoms with Gasteiger partial charge in [0.2, 0.25) is 0 Å². The Morgan fingerprint density at radius 1 is 1.50 bits per heavy atom. The Morgan fingerprint density at radius 2 is 2.20 bits per heavy atom. The van der Waals surface area contributed by atoms with Crippen molar-refractivity contribution < 1.29 is 0 Å². The van der Waals surface area contributed by atoms with E-state index in [0.717, 1.165) is 0 Å². The van der Waals surface area contributed by atoms with E-state index >= 15 is 0 Å². The van der Waals surface area contributed by atoms with Crippen LogP contribution in [-0.2, 0) is 0 Å². The van der Waals surface area contributed by atoms with Gasteiger partial charge in [0.05, 0.1) is 5.69 Å². The van der Waals surface area contributed by atoms with Gasteiger partial charge in [0.1, 0.15) is 5.69 Å². The Labute approximate surface area is 63.6 Å². The van der Waals surface area contributed by atoms with Crippen molar-refractivity contribution in [1.29, 1.82) is 0 Å². The zero-order valence-electron chi connectivity index (χ0n) is 5.11. The van der Waals surface area contributed by atoms with Gasteiger partial charge in [-0.3, -0.25) is 0 Å². The molecule has 0 saturated heterocycles. The van der Waals surface area contributed by atoms with Gasteiger partial charge in [-0.2, -0.15) is 0 Å². The second-order valence-electron chi connectivity index (χ2n) is 1.83. The molecule has 0 fully saturated rings. The van der Waals surface area contributed by atoms with Gasteiger partial charge in [-0.15, -0.1) is 17.5 Å². The fourth-order valence-electron chi connectivity index (χ4n) is 0.611. The lowest BCUT2D eigenvalue weighted by molar-refractivity contribution is 1.41. The lowest BCUT2D eigenvalue weighted by atomic mass is 10.3.